The molecule has 1 fully saturated rings. The molecule has 1 saturated heterocycles. The van der Waals surface area contributed by atoms with Gasteiger partial charge in [-0.3, -0.25) is 0 Å². The third kappa shape index (κ3) is 2.30. The van der Waals surface area contributed by atoms with E-state index in [-0.39, 0.29) is 11.7 Å². The summed E-state index contributed by atoms with van der Waals surface area (Å²) >= 11 is 5.20. The number of carbonyl (C=O) groups excluding carboxylic acids is 1. The molecule has 104 valence electrons. The van der Waals surface area contributed by atoms with Crippen molar-refractivity contribution in [3.63, 3.8) is 0 Å². The highest BCUT2D eigenvalue weighted by atomic mass is 79.9. The van der Waals surface area contributed by atoms with Crippen molar-refractivity contribution in [1.29, 1.82) is 0 Å². The molecule has 2 aliphatic rings. The number of fused-ring (bicyclic) bond motifs is 2. The van der Waals surface area contributed by atoms with Crippen LogP contribution in [0.2, 0.25) is 0 Å². The van der Waals surface area contributed by atoms with Gasteiger partial charge in [0.25, 0.3) is 0 Å². The van der Waals surface area contributed by atoms with E-state index in [2.05, 4.69) is 22.0 Å². The first-order valence-electron chi connectivity index (χ1n) is 6.20. The number of amides is 1. The van der Waals surface area contributed by atoms with E-state index in [9.17, 15) is 4.79 Å². The zero-order valence-electron chi connectivity index (χ0n) is 11.2. The van der Waals surface area contributed by atoms with E-state index in [1.165, 1.54) is 10.4 Å². The molecule has 1 aromatic rings. The van der Waals surface area contributed by atoms with Crippen LogP contribution in [0.15, 0.2) is 9.85 Å². The van der Waals surface area contributed by atoms with Crippen LogP contribution in [0.25, 0.3) is 0 Å². The Morgan fingerprint density at radius 2 is 2.21 bits per heavy atom. The molecule has 3 heterocycles. The molecule has 3 rings (SSSR count). The summed E-state index contributed by atoms with van der Waals surface area (Å²) in [6, 6.07) is 2.10. The van der Waals surface area contributed by atoms with Crippen LogP contribution in [0.1, 0.15) is 31.2 Å². The number of likely N-dealkylation sites (tertiary alicyclic amines) is 1. The number of ether oxygens (including phenoxy) is 2. The van der Waals surface area contributed by atoms with Crippen molar-refractivity contribution in [2.75, 3.05) is 13.1 Å². The van der Waals surface area contributed by atoms with Crippen molar-refractivity contribution in [1.82, 2.24) is 4.90 Å². The molecule has 0 bridgehead atoms. The third-order valence-corrected chi connectivity index (χ3v) is 5.11. The van der Waals surface area contributed by atoms with E-state index in [0.717, 1.165) is 3.79 Å². The minimum absolute atomic E-state index is 0.259. The van der Waals surface area contributed by atoms with Gasteiger partial charge in [-0.15, -0.1) is 11.3 Å². The molecule has 0 atom stereocenters. The zero-order valence-corrected chi connectivity index (χ0v) is 13.6. The Balaban J connectivity index is 1.69. The Kier molecular flexibility index (Phi) is 2.96. The van der Waals surface area contributed by atoms with Crippen molar-refractivity contribution in [2.24, 2.45) is 0 Å². The standard InChI is InChI=1S/C13H16BrNO3S/c1-12(2,3)18-11(16)15-6-13(7-15)10-8(5-17-13)4-9(14)19-10/h4H,5-7H2,1-3H3. The first kappa shape index (κ1) is 13.4. The summed E-state index contributed by atoms with van der Waals surface area (Å²) in [5, 5.41) is 0. The summed E-state index contributed by atoms with van der Waals surface area (Å²) in [4.78, 5) is 14.9. The fourth-order valence-corrected chi connectivity index (χ4v) is 4.21. The summed E-state index contributed by atoms with van der Waals surface area (Å²) in [6.45, 7) is 7.44. The van der Waals surface area contributed by atoms with Gasteiger partial charge in [-0.2, -0.15) is 0 Å². The molecular weight excluding hydrogens is 330 g/mol. The number of nitrogens with zero attached hydrogens (tertiary/aromatic N) is 1. The maximum Gasteiger partial charge on any atom is 0.410 e. The molecule has 4 nitrogen and oxygen atoms in total. The Morgan fingerprint density at radius 1 is 1.53 bits per heavy atom. The normalized spacial score (nSPS) is 20.3. The van der Waals surface area contributed by atoms with Crippen LogP contribution in [-0.4, -0.2) is 29.7 Å². The quantitative estimate of drug-likeness (QED) is 0.722. The lowest BCUT2D eigenvalue weighted by molar-refractivity contribution is -0.135. The molecule has 0 saturated carbocycles. The third-order valence-electron chi connectivity index (χ3n) is 3.24. The number of rotatable bonds is 0. The Labute approximate surface area is 124 Å². The molecule has 2 aliphatic heterocycles. The van der Waals surface area contributed by atoms with Crippen LogP contribution in [0, 0.1) is 0 Å². The highest BCUT2D eigenvalue weighted by Crippen LogP contribution is 2.48. The van der Waals surface area contributed by atoms with Gasteiger partial charge < -0.3 is 14.4 Å². The molecule has 0 aromatic carbocycles. The summed E-state index contributed by atoms with van der Waals surface area (Å²) in [5.74, 6) is 0. The predicted octanol–water partition coefficient (Wildman–Crippen LogP) is 3.49. The lowest BCUT2D eigenvalue weighted by Gasteiger charge is -2.46. The molecule has 0 N–H and O–H groups in total. The predicted molar refractivity (Wildman–Crippen MR) is 76.3 cm³/mol. The highest BCUT2D eigenvalue weighted by molar-refractivity contribution is 9.11. The molecule has 0 radical (unpaired) electrons. The Bertz CT molecular complexity index is 528. The van der Waals surface area contributed by atoms with Gasteiger partial charge in [0.1, 0.15) is 11.2 Å². The van der Waals surface area contributed by atoms with Gasteiger partial charge in [-0.05, 0) is 48.3 Å². The average Bonchev–Trinajstić information content (AvgIpc) is 2.68. The first-order chi connectivity index (χ1) is 8.79. The SMILES string of the molecule is CC(C)(C)OC(=O)N1CC2(C1)OCc1cc(Br)sc12. The minimum Gasteiger partial charge on any atom is -0.444 e. The van der Waals surface area contributed by atoms with Gasteiger partial charge in [0.2, 0.25) is 0 Å². The summed E-state index contributed by atoms with van der Waals surface area (Å²) in [6.07, 6.45) is -0.259. The minimum atomic E-state index is -0.451. The van der Waals surface area contributed by atoms with Gasteiger partial charge in [0, 0.05) is 4.88 Å². The summed E-state index contributed by atoms with van der Waals surface area (Å²) in [5.41, 5.74) is 0.497. The number of thiophene rings is 1. The monoisotopic (exact) mass is 345 g/mol. The highest BCUT2D eigenvalue weighted by Gasteiger charge is 2.53. The second-order valence-corrected chi connectivity index (χ2v) is 8.46. The van der Waals surface area contributed by atoms with Gasteiger partial charge >= 0.3 is 6.09 Å². The summed E-state index contributed by atoms with van der Waals surface area (Å²) < 4.78 is 12.4. The van der Waals surface area contributed by atoms with E-state index >= 15 is 0 Å². The van der Waals surface area contributed by atoms with E-state index in [1.54, 1.807) is 16.2 Å². The molecule has 0 aliphatic carbocycles. The van der Waals surface area contributed by atoms with Crippen LogP contribution in [0.3, 0.4) is 0 Å². The molecule has 1 spiro atoms. The van der Waals surface area contributed by atoms with Crippen LogP contribution in [0.4, 0.5) is 4.79 Å². The fourth-order valence-electron chi connectivity index (χ4n) is 2.43. The second kappa shape index (κ2) is 4.20. The maximum absolute atomic E-state index is 11.9. The van der Waals surface area contributed by atoms with Gasteiger partial charge in [0.15, 0.2) is 0 Å². The number of carbonyl (C=O) groups is 1. The van der Waals surface area contributed by atoms with Crippen molar-refractivity contribution in [3.05, 3.63) is 20.3 Å². The number of halogens is 1. The molecule has 1 amide bonds. The second-order valence-electron chi connectivity index (χ2n) is 6.02. The zero-order chi connectivity index (χ0) is 13.8. The summed E-state index contributed by atoms with van der Waals surface area (Å²) in [7, 11) is 0. The Morgan fingerprint density at radius 3 is 2.84 bits per heavy atom. The lowest BCUT2D eigenvalue weighted by Crippen LogP contribution is -2.61. The van der Waals surface area contributed by atoms with Crippen molar-refractivity contribution in [2.45, 2.75) is 38.6 Å². The Hall–Kier alpha value is -0.590. The molecular formula is C13H16BrNO3S. The number of hydrogen-bond donors (Lipinski definition) is 0. The maximum atomic E-state index is 11.9. The van der Waals surface area contributed by atoms with Crippen LogP contribution in [0.5, 0.6) is 0 Å². The van der Waals surface area contributed by atoms with E-state index < -0.39 is 5.60 Å². The van der Waals surface area contributed by atoms with Gasteiger partial charge in [-0.1, -0.05) is 0 Å². The average molecular weight is 346 g/mol. The molecule has 19 heavy (non-hydrogen) atoms. The van der Waals surface area contributed by atoms with E-state index in [4.69, 9.17) is 9.47 Å². The van der Waals surface area contributed by atoms with Crippen LogP contribution in [-0.2, 0) is 21.7 Å². The first-order valence-corrected chi connectivity index (χ1v) is 7.81. The molecule has 0 unspecified atom stereocenters. The van der Waals surface area contributed by atoms with Crippen molar-refractivity contribution >= 4 is 33.4 Å². The van der Waals surface area contributed by atoms with Gasteiger partial charge in [0.05, 0.1) is 23.5 Å². The van der Waals surface area contributed by atoms with Crippen LogP contribution >= 0.6 is 27.3 Å². The smallest absolute Gasteiger partial charge is 0.410 e. The van der Waals surface area contributed by atoms with E-state index in [0.29, 0.717) is 19.7 Å². The van der Waals surface area contributed by atoms with Crippen molar-refractivity contribution in [3.8, 4) is 0 Å². The van der Waals surface area contributed by atoms with E-state index in [1.807, 2.05) is 20.8 Å². The number of hydrogen-bond acceptors (Lipinski definition) is 4. The fraction of sp³-hybridized carbons (Fsp3) is 0.615. The molecule has 6 heteroatoms. The van der Waals surface area contributed by atoms with Crippen molar-refractivity contribution < 1.29 is 14.3 Å². The molecule has 1 aromatic heterocycles. The topological polar surface area (TPSA) is 38.8 Å². The largest absolute Gasteiger partial charge is 0.444 e. The van der Waals surface area contributed by atoms with Crippen LogP contribution < -0.4 is 0 Å². The van der Waals surface area contributed by atoms with Gasteiger partial charge in [-0.25, -0.2) is 4.79 Å². The lowest BCUT2D eigenvalue weighted by atomic mass is 9.92.